The monoisotopic (exact) mass is 218 g/mol. The predicted molar refractivity (Wildman–Crippen MR) is 60.5 cm³/mol. The van der Waals surface area contributed by atoms with Gasteiger partial charge < -0.3 is 4.84 Å². The lowest BCUT2D eigenvalue weighted by atomic mass is 10.1. The summed E-state index contributed by atoms with van der Waals surface area (Å²) in [5.41, 5.74) is 2.07. The number of thiocyanates is 1. The summed E-state index contributed by atoms with van der Waals surface area (Å²) < 4.78 is 0. The second-order valence-electron chi connectivity index (χ2n) is 3.24. The van der Waals surface area contributed by atoms with Gasteiger partial charge in [0.25, 0.3) is 0 Å². The molecule has 1 aliphatic heterocycles. The van der Waals surface area contributed by atoms with E-state index >= 15 is 0 Å². The van der Waals surface area contributed by atoms with E-state index in [9.17, 15) is 0 Å². The number of nitrogens with zero attached hydrogens (tertiary/aromatic N) is 2. The minimum absolute atomic E-state index is 0.0462. The van der Waals surface area contributed by atoms with E-state index in [-0.39, 0.29) is 6.10 Å². The maximum Gasteiger partial charge on any atom is 0.143 e. The number of rotatable bonds is 3. The van der Waals surface area contributed by atoms with Gasteiger partial charge in [0.15, 0.2) is 0 Å². The van der Waals surface area contributed by atoms with Crippen molar-refractivity contribution >= 4 is 17.5 Å². The molecule has 0 fully saturated rings. The Morgan fingerprint density at radius 2 is 2.27 bits per heavy atom. The van der Waals surface area contributed by atoms with Crippen LogP contribution in [0.4, 0.5) is 0 Å². The van der Waals surface area contributed by atoms with Crippen LogP contribution >= 0.6 is 11.8 Å². The zero-order valence-corrected chi connectivity index (χ0v) is 8.91. The van der Waals surface area contributed by atoms with Crippen LogP contribution in [0.1, 0.15) is 12.0 Å². The molecule has 0 aromatic heterocycles. The van der Waals surface area contributed by atoms with Gasteiger partial charge in [0.2, 0.25) is 0 Å². The summed E-state index contributed by atoms with van der Waals surface area (Å²) in [6.07, 6.45) is 0.837. The van der Waals surface area contributed by atoms with Crippen molar-refractivity contribution in [3.63, 3.8) is 0 Å². The third kappa shape index (κ3) is 2.51. The summed E-state index contributed by atoms with van der Waals surface area (Å²) >= 11 is 1.21. The van der Waals surface area contributed by atoms with Crippen LogP contribution in [0, 0.1) is 10.7 Å². The molecule has 0 amide bonds. The molecule has 4 heteroatoms. The van der Waals surface area contributed by atoms with Crippen LogP contribution in [0.3, 0.4) is 0 Å². The van der Waals surface area contributed by atoms with Crippen molar-refractivity contribution in [2.24, 2.45) is 5.16 Å². The zero-order chi connectivity index (χ0) is 10.5. The smallest absolute Gasteiger partial charge is 0.143 e. The molecule has 2 rings (SSSR count). The quantitative estimate of drug-likeness (QED) is 0.732. The third-order valence-corrected chi connectivity index (χ3v) is 2.84. The number of oxime groups is 1. The van der Waals surface area contributed by atoms with Gasteiger partial charge in [-0.15, -0.1) is 0 Å². The highest BCUT2D eigenvalue weighted by molar-refractivity contribution is 8.03. The largest absolute Gasteiger partial charge is 0.391 e. The number of benzene rings is 1. The van der Waals surface area contributed by atoms with Gasteiger partial charge in [-0.2, -0.15) is 5.26 Å². The maximum absolute atomic E-state index is 8.43. The molecule has 0 N–H and O–H groups in total. The molecule has 0 spiro atoms. The van der Waals surface area contributed by atoms with Crippen molar-refractivity contribution in [3.05, 3.63) is 35.9 Å². The molecule has 0 saturated heterocycles. The van der Waals surface area contributed by atoms with Gasteiger partial charge >= 0.3 is 0 Å². The fourth-order valence-corrected chi connectivity index (χ4v) is 1.89. The molecule has 1 unspecified atom stereocenters. The first kappa shape index (κ1) is 10.1. The van der Waals surface area contributed by atoms with Crippen molar-refractivity contribution in [1.29, 1.82) is 5.26 Å². The highest BCUT2D eigenvalue weighted by atomic mass is 32.2. The summed E-state index contributed by atoms with van der Waals surface area (Å²) in [5.74, 6) is 0.677. The van der Waals surface area contributed by atoms with E-state index < -0.39 is 0 Å². The van der Waals surface area contributed by atoms with E-state index in [4.69, 9.17) is 10.1 Å². The van der Waals surface area contributed by atoms with Gasteiger partial charge in [-0.3, -0.25) is 0 Å². The Morgan fingerprint density at radius 3 is 3.00 bits per heavy atom. The molecule has 3 nitrogen and oxygen atoms in total. The lowest BCUT2D eigenvalue weighted by Gasteiger charge is -2.02. The van der Waals surface area contributed by atoms with Crippen LogP contribution < -0.4 is 0 Å². The first-order valence-corrected chi connectivity index (χ1v) is 5.67. The van der Waals surface area contributed by atoms with Crippen LogP contribution in [-0.4, -0.2) is 17.6 Å². The van der Waals surface area contributed by atoms with E-state index in [0.29, 0.717) is 5.75 Å². The average Bonchev–Trinajstić information content (AvgIpc) is 2.76. The molecule has 1 heterocycles. The number of nitriles is 1. The minimum Gasteiger partial charge on any atom is -0.391 e. The standard InChI is InChI=1S/C11H10N2OS/c12-8-15-7-10-6-11(13-14-10)9-4-2-1-3-5-9/h1-5,10H,6-7H2. The Labute approximate surface area is 92.7 Å². The van der Waals surface area contributed by atoms with Crippen LogP contribution in [0.5, 0.6) is 0 Å². The topological polar surface area (TPSA) is 45.4 Å². The second-order valence-corrected chi connectivity index (χ2v) is 4.04. The molecule has 1 atom stereocenters. The first-order chi connectivity index (χ1) is 7.40. The Morgan fingerprint density at radius 1 is 1.47 bits per heavy atom. The normalized spacial score (nSPS) is 19.1. The number of hydrogen-bond acceptors (Lipinski definition) is 4. The number of thioether (sulfide) groups is 1. The fourth-order valence-electron chi connectivity index (χ4n) is 1.45. The Balaban J connectivity index is 1.96. The van der Waals surface area contributed by atoms with Gasteiger partial charge in [0.1, 0.15) is 11.5 Å². The number of hydrogen-bond donors (Lipinski definition) is 0. The van der Waals surface area contributed by atoms with Gasteiger partial charge in [0.05, 0.1) is 5.71 Å². The molecule has 0 saturated carbocycles. The molecule has 0 bridgehead atoms. The molecule has 1 aliphatic rings. The molecule has 15 heavy (non-hydrogen) atoms. The van der Waals surface area contributed by atoms with Crippen molar-refractivity contribution in [2.45, 2.75) is 12.5 Å². The molecule has 0 aliphatic carbocycles. The van der Waals surface area contributed by atoms with Gasteiger partial charge in [-0.25, -0.2) is 0 Å². The van der Waals surface area contributed by atoms with Crippen LogP contribution in [-0.2, 0) is 4.84 Å². The second kappa shape index (κ2) is 4.85. The molecule has 0 radical (unpaired) electrons. The summed E-state index contributed by atoms with van der Waals surface area (Å²) in [7, 11) is 0. The van der Waals surface area contributed by atoms with Gasteiger partial charge in [-0.1, -0.05) is 35.5 Å². The highest BCUT2D eigenvalue weighted by Crippen LogP contribution is 2.19. The Kier molecular flexibility index (Phi) is 3.25. The Hall–Kier alpha value is -1.47. The van der Waals surface area contributed by atoms with Gasteiger partial charge in [-0.05, 0) is 17.3 Å². The van der Waals surface area contributed by atoms with Crippen LogP contribution in [0.2, 0.25) is 0 Å². The van der Waals surface area contributed by atoms with Crippen LogP contribution in [0.25, 0.3) is 0 Å². The zero-order valence-electron chi connectivity index (χ0n) is 8.09. The van der Waals surface area contributed by atoms with E-state index in [2.05, 4.69) is 5.16 Å². The molecule has 1 aromatic carbocycles. The minimum atomic E-state index is 0.0462. The van der Waals surface area contributed by atoms with E-state index in [1.54, 1.807) is 0 Å². The molecule has 1 aromatic rings. The van der Waals surface area contributed by atoms with Crippen molar-refractivity contribution in [2.75, 3.05) is 5.75 Å². The maximum atomic E-state index is 8.43. The molecular weight excluding hydrogens is 208 g/mol. The van der Waals surface area contributed by atoms with E-state index in [1.807, 2.05) is 35.7 Å². The summed E-state index contributed by atoms with van der Waals surface area (Å²) in [6, 6.07) is 9.97. The molecule has 76 valence electrons. The summed E-state index contributed by atoms with van der Waals surface area (Å²) in [6.45, 7) is 0. The van der Waals surface area contributed by atoms with E-state index in [0.717, 1.165) is 17.7 Å². The third-order valence-electron chi connectivity index (χ3n) is 2.17. The van der Waals surface area contributed by atoms with Crippen LogP contribution in [0.15, 0.2) is 35.5 Å². The lowest BCUT2D eigenvalue weighted by molar-refractivity contribution is 0.103. The first-order valence-electron chi connectivity index (χ1n) is 4.69. The lowest BCUT2D eigenvalue weighted by Crippen LogP contribution is -2.10. The predicted octanol–water partition coefficient (Wildman–Crippen LogP) is 2.39. The average molecular weight is 218 g/mol. The highest BCUT2D eigenvalue weighted by Gasteiger charge is 2.21. The van der Waals surface area contributed by atoms with Crippen molar-refractivity contribution in [3.8, 4) is 5.40 Å². The molecular formula is C11H10N2OS. The van der Waals surface area contributed by atoms with E-state index in [1.165, 1.54) is 11.8 Å². The summed E-state index contributed by atoms with van der Waals surface area (Å²) in [4.78, 5) is 5.24. The SMILES string of the molecule is N#CSCC1CC(c2ccccc2)=NO1. The Bertz CT molecular complexity index is 397. The fraction of sp³-hybridized carbons (Fsp3) is 0.273. The van der Waals surface area contributed by atoms with Crippen molar-refractivity contribution in [1.82, 2.24) is 0 Å². The summed E-state index contributed by atoms with van der Waals surface area (Å²) in [5, 5.41) is 14.5. The van der Waals surface area contributed by atoms with Crippen molar-refractivity contribution < 1.29 is 4.84 Å². The van der Waals surface area contributed by atoms with Gasteiger partial charge in [0, 0.05) is 12.2 Å².